The lowest BCUT2D eigenvalue weighted by Gasteiger charge is -2.16. The first-order chi connectivity index (χ1) is 26.5. The van der Waals surface area contributed by atoms with E-state index in [-0.39, 0.29) is 51.5 Å². The van der Waals surface area contributed by atoms with Crippen LogP contribution < -0.4 is 19.9 Å². The molecule has 0 radical (unpaired) electrons. The third-order valence-corrected chi connectivity index (χ3v) is 8.94. The Morgan fingerprint density at radius 2 is 1.00 bits per heavy atom. The molecule has 5 amide bonds. The number of amides is 5. The van der Waals surface area contributed by atoms with Crippen LogP contribution in [0.3, 0.4) is 0 Å². The molecule has 0 unspecified atom stereocenters. The first kappa shape index (κ1) is 34.4. The van der Waals surface area contributed by atoms with Crippen molar-refractivity contribution in [3.8, 4) is 11.5 Å². The molecule has 4 aromatic carbocycles. The Morgan fingerprint density at radius 3 is 1.51 bits per heavy atom. The van der Waals surface area contributed by atoms with Crippen LogP contribution in [0.25, 0.3) is 0 Å². The highest BCUT2D eigenvalue weighted by atomic mass is 16.5. The second kappa shape index (κ2) is 13.7. The summed E-state index contributed by atoms with van der Waals surface area (Å²) in [5.74, 6) is -1.77. The summed E-state index contributed by atoms with van der Waals surface area (Å²) in [6.07, 6.45) is 6.32. The molecule has 0 atom stereocenters. The molecule has 2 aliphatic rings. The number of ketones is 1. The van der Waals surface area contributed by atoms with Crippen LogP contribution in [0.1, 0.15) is 79.1 Å². The lowest BCUT2D eigenvalue weighted by molar-refractivity contribution is 0.0910. The molecular weight excluding hydrogens is 702 g/mol. The Hall–Kier alpha value is -7.74. The minimum absolute atomic E-state index is 0.0492. The van der Waals surface area contributed by atoms with Crippen molar-refractivity contribution in [2.45, 2.75) is 20.3 Å². The van der Waals surface area contributed by atoms with Crippen molar-refractivity contribution < 1.29 is 33.5 Å². The molecule has 0 fully saturated rings. The molecular formula is C41H27N7O7. The van der Waals surface area contributed by atoms with E-state index in [1.54, 1.807) is 73.3 Å². The summed E-state index contributed by atoms with van der Waals surface area (Å²) in [5, 5.41) is 2.58. The van der Waals surface area contributed by atoms with Gasteiger partial charge in [-0.3, -0.25) is 34.1 Å². The number of Topliss-reactive ketones (excluding diaryl/α,β-unsaturated/α-hetero) is 1. The standard InChI is InChI=1S/C41H27N7O7/c1-22-18-42-35(43-19-22)17-34(49)24-3-13-30-32(15-24)39(53)47(37(30)51)26-5-9-28(10-6-26)55-29-11-7-27(8-12-29)48-38(52)31-14-4-25(16-33(31)40(48)54)36(50)46-41-44-20-23(2)21-45-41/h3-16,18-21H,17H2,1-2H3,(H,44,45,46,50). The average Bonchev–Trinajstić information content (AvgIpc) is 3.60. The van der Waals surface area contributed by atoms with Gasteiger partial charge in [0.1, 0.15) is 17.3 Å². The highest BCUT2D eigenvalue weighted by molar-refractivity contribution is 6.35. The molecule has 0 spiro atoms. The minimum atomic E-state index is -0.585. The predicted molar refractivity (Wildman–Crippen MR) is 198 cm³/mol. The van der Waals surface area contributed by atoms with Gasteiger partial charge in [0.15, 0.2) is 5.78 Å². The van der Waals surface area contributed by atoms with Gasteiger partial charge in [-0.15, -0.1) is 0 Å². The van der Waals surface area contributed by atoms with E-state index in [1.165, 1.54) is 36.4 Å². The molecule has 0 saturated carbocycles. The van der Waals surface area contributed by atoms with E-state index < -0.39 is 29.5 Å². The van der Waals surface area contributed by atoms with Gasteiger partial charge >= 0.3 is 0 Å². The van der Waals surface area contributed by atoms with Gasteiger partial charge in [-0.05, 0) is 104 Å². The van der Waals surface area contributed by atoms with E-state index in [9.17, 15) is 28.8 Å². The summed E-state index contributed by atoms with van der Waals surface area (Å²) >= 11 is 0. The molecule has 14 nitrogen and oxygen atoms in total. The maximum absolute atomic E-state index is 13.4. The van der Waals surface area contributed by atoms with Crippen molar-refractivity contribution in [1.82, 2.24) is 19.9 Å². The summed E-state index contributed by atoms with van der Waals surface area (Å²) in [4.78, 5) is 97.5. The number of imide groups is 2. The molecule has 0 bridgehead atoms. The third kappa shape index (κ3) is 6.48. The number of hydrogen-bond acceptors (Lipinski definition) is 11. The number of fused-ring (bicyclic) bond motifs is 2. The number of rotatable bonds is 9. The van der Waals surface area contributed by atoms with Crippen LogP contribution in [0.15, 0.2) is 110 Å². The number of hydrogen-bond donors (Lipinski definition) is 1. The number of carbonyl (C=O) groups is 6. The normalized spacial score (nSPS) is 13.2. The number of carbonyl (C=O) groups excluding carboxylic acids is 6. The number of anilines is 3. The molecule has 0 saturated heterocycles. The third-order valence-electron chi connectivity index (χ3n) is 8.94. The second-order valence-corrected chi connectivity index (χ2v) is 12.8. The van der Waals surface area contributed by atoms with Crippen LogP contribution in [0.2, 0.25) is 0 Å². The van der Waals surface area contributed by atoms with Crippen molar-refractivity contribution in [1.29, 1.82) is 0 Å². The molecule has 2 aliphatic heterocycles. The van der Waals surface area contributed by atoms with Gasteiger partial charge in [0, 0.05) is 35.9 Å². The Bertz CT molecular complexity index is 2410. The first-order valence-corrected chi connectivity index (χ1v) is 16.9. The Morgan fingerprint density at radius 1 is 0.564 bits per heavy atom. The van der Waals surface area contributed by atoms with Crippen molar-refractivity contribution in [3.05, 3.63) is 160 Å². The van der Waals surface area contributed by atoms with Crippen LogP contribution in [-0.4, -0.2) is 55.3 Å². The Labute approximate surface area is 312 Å². The SMILES string of the molecule is Cc1cnc(CC(=O)c2ccc3c(c2)C(=O)N(c2ccc(Oc4ccc(N5C(=O)c6ccc(C(=O)Nc7ncc(C)cn7)cc6C5=O)cc4)cc2)C3=O)nc1. The molecule has 2 aromatic heterocycles. The predicted octanol–water partition coefficient (Wildman–Crippen LogP) is 5.95. The Kier molecular flexibility index (Phi) is 8.54. The fourth-order valence-corrected chi connectivity index (χ4v) is 6.12. The number of aryl methyl sites for hydroxylation is 2. The quantitative estimate of drug-likeness (QED) is 0.137. The largest absolute Gasteiger partial charge is 0.457 e. The highest BCUT2D eigenvalue weighted by Crippen LogP contribution is 2.34. The molecule has 1 N–H and O–H groups in total. The zero-order chi connectivity index (χ0) is 38.4. The number of aromatic nitrogens is 4. The first-order valence-electron chi connectivity index (χ1n) is 16.9. The van der Waals surface area contributed by atoms with Gasteiger partial charge in [-0.1, -0.05) is 6.07 Å². The Balaban J connectivity index is 0.918. The maximum atomic E-state index is 13.4. The number of nitrogens with zero attached hydrogens (tertiary/aromatic N) is 6. The molecule has 6 aromatic rings. The van der Waals surface area contributed by atoms with E-state index >= 15 is 0 Å². The van der Waals surface area contributed by atoms with Gasteiger partial charge in [-0.2, -0.15) is 0 Å². The molecule has 4 heterocycles. The van der Waals surface area contributed by atoms with Crippen LogP contribution in [0.4, 0.5) is 17.3 Å². The number of ether oxygens (including phenoxy) is 1. The average molecular weight is 730 g/mol. The van der Waals surface area contributed by atoms with Crippen LogP contribution in [-0.2, 0) is 6.42 Å². The van der Waals surface area contributed by atoms with Crippen LogP contribution in [0.5, 0.6) is 11.5 Å². The fourth-order valence-electron chi connectivity index (χ4n) is 6.12. The molecule has 14 heteroatoms. The van der Waals surface area contributed by atoms with E-state index in [1.807, 2.05) is 13.8 Å². The molecule has 268 valence electrons. The van der Waals surface area contributed by atoms with E-state index in [0.29, 0.717) is 28.7 Å². The summed E-state index contributed by atoms with van der Waals surface area (Å²) in [5.41, 5.74) is 3.29. The zero-order valence-corrected chi connectivity index (χ0v) is 29.1. The number of benzene rings is 4. The summed E-state index contributed by atoms with van der Waals surface area (Å²) in [6.45, 7) is 3.66. The summed E-state index contributed by atoms with van der Waals surface area (Å²) < 4.78 is 5.96. The van der Waals surface area contributed by atoms with Gasteiger partial charge in [0.25, 0.3) is 29.5 Å². The smallest absolute Gasteiger partial charge is 0.266 e. The van der Waals surface area contributed by atoms with Gasteiger partial charge in [0.2, 0.25) is 5.95 Å². The van der Waals surface area contributed by atoms with Crippen molar-refractivity contribution >= 4 is 52.6 Å². The van der Waals surface area contributed by atoms with E-state index in [2.05, 4.69) is 25.3 Å². The highest BCUT2D eigenvalue weighted by Gasteiger charge is 2.38. The lowest BCUT2D eigenvalue weighted by Crippen LogP contribution is -2.29. The van der Waals surface area contributed by atoms with Crippen molar-refractivity contribution in [3.63, 3.8) is 0 Å². The summed E-state index contributed by atoms with van der Waals surface area (Å²) in [7, 11) is 0. The minimum Gasteiger partial charge on any atom is -0.457 e. The molecule has 0 aliphatic carbocycles. The van der Waals surface area contributed by atoms with Crippen LogP contribution in [0, 0.1) is 13.8 Å². The van der Waals surface area contributed by atoms with Gasteiger partial charge < -0.3 is 4.74 Å². The molecule has 8 rings (SSSR count). The second-order valence-electron chi connectivity index (χ2n) is 12.8. The fraction of sp³-hybridized carbons (Fsp3) is 0.0732. The van der Waals surface area contributed by atoms with Gasteiger partial charge in [-0.25, -0.2) is 29.7 Å². The van der Waals surface area contributed by atoms with Crippen molar-refractivity contribution in [2.24, 2.45) is 0 Å². The summed E-state index contributed by atoms with van der Waals surface area (Å²) in [6, 6.07) is 21.3. The van der Waals surface area contributed by atoms with E-state index in [0.717, 1.165) is 20.9 Å². The van der Waals surface area contributed by atoms with Gasteiger partial charge in [0.05, 0.1) is 40.0 Å². The number of nitrogens with one attached hydrogen (secondary N) is 1. The zero-order valence-electron chi connectivity index (χ0n) is 29.1. The van der Waals surface area contributed by atoms with Crippen LogP contribution >= 0.6 is 0 Å². The molecule has 55 heavy (non-hydrogen) atoms. The lowest BCUT2D eigenvalue weighted by atomic mass is 10.0. The topological polar surface area (TPSA) is 182 Å². The maximum Gasteiger partial charge on any atom is 0.266 e. The van der Waals surface area contributed by atoms with E-state index in [4.69, 9.17) is 4.74 Å². The van der Waals surface area contributed by atoms with Crippen molar-refractivity contribution in [2.75, 3.05) is 15.1 Å². The monoisotopic (exact) mass is 729 g/mol.